The van der Waals surface area contributed by atoms with Crippen molar-refractivity contribution >= 4 is 51.1 Å². The molecule has 3 nitrogen and oxygen atoms in total. The number of phenols is 1. The van der Waals surface area contributed by atoms with Crippen molar-refractivity contribution in [2.24, 2.45) is 0 Å². The minimum absolute atomic E-state index is 0.157. The lowest BCUT2D eigenvalue weighted by molar-refractivity contribution is -0.132. The van der Waals surface area contributed by atoms with Gasteiger partial charge in [0.25, 0.3) is 0 Å². The number of hydrogen-bond donors (Lipinski definition) is 1. The van der Waals surface area contributed by atoms with Crippen LogP contribution in [0.5, 0.6) is 5.75 Å². The maximum absolute atomic E-state index is 13.0. The molecule has 0 aliphatic carbocycles. The second-order valence-electron chi connectivity index (χ2n) is 5.59. The first-order valence-electron chi connectivity index (χ1n) is 7.98. The number of halogens is 2. The molecule has 0 unspecified atom stereocenters. The second kappa shape index (κ2) is 9.03. The molecule has 0 radical (unpaired) electrons. The van der Waals surface area contributed by atoms with Crippen LogP contribution in [0.2, 0.25) is 0 Å². The van der Waals surface area contributed by atoms with Crippen molar-refractivity contribution in [3.05, 3.63) is 60.7 Å². The summed E-state index contributed by atoms with van der Waals surface area (Å²) >= 11 is 4.26. The zero-order chi connectivity index (χ0) is 17.7. The van der Waals surface area contributed by atoms with Gasteiger partial charge in [0.05, 0.1) is 13.1 Å². The van der Waals surface area contributed by atoms with Gasteiger partial charge in [-0.2, -0.15) is 0 Å². The van der Waals surface area contributed by atoms with Crippen LogP contribution in [0.15, 0.2) is 42.5 Å². The van der Waals surface area contributed by atoms with Crippen LogP contribution in [-0.4, -0.2) is 29.0 Å². The Morgan fingerprint density at radius 1 is 1.08 bits per heavy atom. The molecule has 0 saturated carbocycles. The van der Waals surface area contributed by atoms with Crippen molar-refractivity contribution in [1.82, 2.24) is 4.90 Å². The number of carbonyl (C=O) groups excluding carboxylic acids is 1. The first kappa shape index (κ1) is 19.5. The van der Waals surface area contributed by atoms with Gasteiger partial charge in [-0.25, -0.2) is 0 Å². The molecule has 0 fully saturated rings. The van der Waals surface area contributed by atoms with Gasteiger partial charge in [0.2, 0.25) is 5.91 Å². The van der Waals surface area contributed by atoms with Crippen molar-refractivity contribution in [3.8, 4) is 5.75 Å². The van der Waals surface area contributed by atoms with Crippen LogP contribution >= 0.6 is 45.2 Å². The molecule has 1 atom stereocenters. The molecule has 0 saturated heterocycles. The minimum atomic E-state index is -0.206. The third-order valence-corrected chi connectivity index (χ3v) is 5.74. The van der Waals surface area contributed by atoms with Crippen LogP contribution in [0, 0.1) is 7.14 Å². The van der Waals surface area contributed by atoms with Crippen LogP contribution in [-0.2, 0) is 11.2 Å². The van der Waals surface area contributed by atoms with E-state index in [1.165, 1.54) is 0 Å². The van der Waals surface area contributed by atoms with E-state index in [4.69, 9.17) is 0 Å². The summed E-state index contributed by atoms with van der Waals surface area (Å²) in [6.45, 7) is 5.44. The lowest BCUT2D eigenvalue weighted by atomic mass is 9.90. The minimum Gasteiger partial charge on any atom is -0.506 e. The highest BCUT2D eigenvalue weighted by atomic mass is 127. The van der Waals surface area contributed by atoms with E-state index < -0.39 is 0 Å². The summed E-state index contributed by atoms with van der Waals surface area (Å²) in [4.78, 5) is 14.9. The smallest absolute Gasteiger partial charge is 0.230 e. The first-order chi connectivity index (χ1) is 11.5. The van der Waals surface area contributed by atoms with Gasteiger partial charge >= 0.3 is 0 Å². The molecule has 0 spiro atoms. The number of amides is 1. The van der Waals surface area contributed by atoms with Gasteiger partial charge < -0.3 is 10.0 Å². The molecule has 2 rings (SSSR count). The highest BCUT2D eigenvalue weighted by Crippen LogP contribution is 2.30. The quantitative estimate of drug-likeness (QED) is 0.527. The van der Waals surface area contributed by atoms with Crippen LogP contribution in [0.3, 0.4) is 0 Å². The van der Waals surface area contributed by atoms with Gasteiger partial charge in [-0.3, -0.25) is 4.79 Å². The van der Waals surface area contributed by atoms with Crippen LogP contribution in [0.1, 0.15) is 30.9 Å². The standard InChI is InChI=1S/C19H21I2NO2/c1-3-22(4-2)19(24)15(14-8-6-5-7-9-14)10-13-11-16(20)18(23)17(21)12-13/h5-9,11-12,15,23H,3-4,10H2,1-2H3/t15-/m1/s1. The van der Waals surface area contributed by atoms with Crippen molar-refractivity contribution < 1.29 is 9.90 Å². The fourth-order valence-electron chi connectivity index (χ4n) is 2.76. The Morgan fingerprint density at radius 3 is 2.12 bits per heavy atom. The van der Waals surface area contributed by atoms with E-state index in [9.17, 15) is 9.90 Å². The Labute approximate surface area is 170 Å². The molecule has 0 aliphatic rings. The summed E-state index contributed by atoms with van der Waals surface area (Å²) in [6.07, 6.45) is 0.631. The summed E-state index contributed by atoms with van der Waals surface area (Å²) < 4.78 is 1.63. The number of rotatable bonds is 6. The zero-order valence-corrected chi connectivity index (χ0v) is 18.1. The maximum atomic E-state index is 13.0. The summed E-state index contributed by atoms with van der Waals surface area (Å²) in [7, 11) is 0. The summed E-state index contributed by atoms with van der Waals surface area (Å²) in [6, 6.07) is 13.9. The monoisotopic (exact) mass is 549 g/mol. The van der Waals surface area contributed by atoms with Crippen molar-refractivity contribution in [2.75, 3.05) is 13.1 Å². The number of carbonyl (C=O) groups is 1. The molecule has 0 bridgehead atoms. The molecular formula is C19H21I2NO2. The molecule has 1 N–H and O–H groups in total. The molecule has 24 heavy (non-hydrogen) atoms. The highest BCUT2D eigenvalue weighted by Gasteiger charge is 2.25. The molecular weight excluding hydrogens is 528 g/mol. The number of likely N-dealkylation sites (N-methyl/N-ethyl adjacent to an activating group) is 1. The Morgan fingerprint density at radius 2 is 1.62 bits per heavy atom. The molecule has 5 heteroatoms. The van der Waals surface area contributed by atoms with E-state index in [1.54, 1.807) is 0 Å². The number of hydrogen-bond acceptors (Lipinski definition) is 2. The summed E-state index contributed by atoms with van der Waals surface area (Å²) in [5, 5.41) is 9.97. The highest BCUT2D eigenvalue weighted by molar-refractivity contribution is 14.1. The average molecular weight is 549 g/mol. The van der Waals surface area contributed by atoms with Crippen molar-refractivity contribution in [3.63, 3.8) is 0 Å². The zero-order valence-electron chi connectivity index (χ0n) is 13.8. The lowest BCUT2D eigenvalue weighted by Gasteiger charge is -2.26. The van der Waals surface area contributed by atoms with E-state index in [2.05, 4.69) is 45.2 Å². The molecule has 1 amide bonds. The number of phenolic OH excluding ortho intramolecular Hbond substituents is 1. The summed E-state index contributed by atoms with van der Waals surface area (Å²) in [5.74, 6) is 0.262. The average Bonchev–Trinajstić information content (AvgIpc) is 2.59. The predicted molar refractivity (Wildman–Crippen MR) is 114 cm³/mol. The third kappa shape index (κ3) is 4.62. The van der Waals surface area contributed by atoms with Crippen molar-refractivity contribution in [1.29, 1.82) is 0 Å². The molecule has 0 aliphatic heterocycles. The van der Waals surface area contributed by atoms with E-state index >= 15 is 0 Å². The van der Waals surface area contributed by atoms with Crippen molar-refractivity contribution in [2.45, 2.75) is 26.2 Å². The molecule has 128 valence electrons. The Balaban J connectivity index is 2.38. The van der Waals surface area contributed by atoms with Crippen LogP contribution in [0.4, 0.5) is 0 Å². The number of benzene rings is 2. The van der Waals surface area contributed by atoms with E-state index in [0.29, 0.717) is 25.3 Å². The Hall–Kier alpha value is -0.830. The maximum Gasteiger partial charge on any atom is 0.230 e. The normalized spacial score (nSPS) is 12.0. The molecule has 0 aromatic heterocycles. The van der Waals surface area contributed by atoms with Crippen LogP contribution in [0.25, 0.3) is 0 Å². The fourth-order valence-corrected chi connectivity index (χ4v) is 4.66. The second-order valence-corrected chi connectivity index (χ2v) is 7.91. The molecule has 2 aromatic rings. The van der Waals surface area contributed by atoms with E-state index in [0.717, 1.165) is 18.3 Å². The van der Waals surface area contributed by atoms with E-state index in [-0.39, 0.29) is 11.8 Å². The van der Waals surface area contributed by atoms with Gasteiger partial charge in [-0.05, 0) is 88.7 Å². The molecule has 2 aromatic carbocycles. The van der Waals surface area contributed by atoms with Gasteiger partial charge in [0.15, 0.2) is 0 Å². The summed E-state index contributed by atoms with van der Waals surface area (Å²) in [5.41, 5.74) is 2.10. The molecule has 0 heterocycles. The fraction of sp³-hybridized carbons (Fsp3) is 0.316. The SMILES string of the molecule is CCN(CC)C(=O)[C@H](Cc1cc(I)c(O)c(I)c1)c1ccccc1. The van der Waals surface area contributed by atoms with Gasteiger partial charge in [0.1, 0.15) is 5.75 Å². The number of nitrogens with zero attached hydrogens (tertiary/aromatic N) is 1. The predicted octanol–water partition coefficient (Wildman–Crippen LogP) is 4.80. The van der Waals surface area contributed by atoms with Crippen LogP contribution < -0.4 is 0 Å². The number of aromatic hydroxyl groups is 1. The Kier molecular flexibility index (Phi) is 7.34. The van der Waals surface area contributed by atoms with E-state index in [1.807, 2.05) is 61.2 Å². The van der Waals surface area contributed by atoms with Gasteiger partial charge in [0, 0.05) is 13.1 Å². The largest absolute Gasteiger partial charge is 0.506 e. The van der Waals surface area contributed by atoms with Gasteiger partial charge in [-0.15, -0.1) is 0 Å². The Bertz CT molecular complexity index is 677. The lowest BCUT2D eigenvalue weighted by Crippen LogP contribution is -2.35. The van der Waals surface area contributed by atoms with Gasteiger partial charge in [-0.1, -0.05) is 30.3 Å². The first-order valence-corrected chi connectivity index (χ1v) is 10.1. The topological polar surface area (TPSA) is 40.5 Å². The third-order valence-electron chi connectivity index (χ3n) is 4.09.